The summed E-state index contributed by atoms with van der Waals surface area (Å²) in [5.74, 6) is -1.88. The lowest BCUT2D eigenvalue weighted by atomic mass is 9.82. The molecule has 4 N–H and O–H groups in total. The Balaban J connectivity index is 1.32. The van der Waals surface area contributed by atoms with Gasteiger partial charge in [0.25, 0.3) is 17.5 Å². The summed E-state index contributed by atoms with van der Waals surface area (Å²) in [4.78, 5) is 51.6. The van der Waals surface area contributed by atoms with Gasteiger partial charge < -0.3 is 30.0 Å². The summed E-state index contributed by atoms with van der Waals surface area (Å²) in [7, 11) is -3.03. The van der Waals surface area contributed by atoms with Crippen LogP contribution in [-0.4, -0.2) is 73.9 Å². The summed E-state index contributed by atoms with van der Waals surface area (Å²) in [6, 6.07) is 20.7. The number of fused-ring (bicyclic) bond motifs is 2. The highest BCUT2D eigenvalue weighted by atomic mass is 28.4. The van der Waals surface area contributed by atoms with Gasteiger partial charge in [-0.05, 0) is 55.8 Å². The number of non-ortho nitro benzene ring substituents is 1. The van der Waals surface area contributed by atoms with Gasteiger partial charge in [0.05, 0.1) is 41.5 Å². The largest absolute Gasteiger partial charge is 0.432 e. The molecule has 4 aromatic rings. The molecule has 1 spiro atoms. The first kappa shape index (κ1) is 36.0. The van der Waals surface area contributed by atoms with Gasteiger partial charge in [0.15, 0.2) is 13.9 Å². The number of carbonyl (C=O) groups excluding carboxylic acids is 2. The monoisotopic (exact) mass is 714 g/mol. The zero-order valence-corrected chi connectivity index (χ0v) is 29.8. The van der Waals surface area contributed by atoms with Gasteiger partial charge in [-0.1, -0.05) is 54.6 Å². The van der Waals surface area contributed by atoms with Crippen LogP contribution in [0.25, 0.3) is 0 Å². The van der Waals surface area contributed by atoms with Gasteiger partial charge in [0.1, 0.15) is 6.10 Å². The standard InChI is InChI=1S/C36H42N6O8Si/c1-22-33(51(3,4)49)32(15-16-40-20-30(38-39-40)28(21-43)25-10-6-5-7-11-25)50-36(22)29-18-27(42(47)48)13-14-31(29)41(35(36)46)19-24-9-8-12-26(17-24)37-34(45)23(2)44/h5-14,17-18,20,22-23,28,32-33,43-44,49H,15-16,19,21H2,1-4H3,(H,37,45)/t22-,23+,28?,32+,33-,36+/m1/s1. The number of hydrogen-bond donors (Lipinski definition) is 4. The van der Waals surface area contributed by atoms with Crippen LogP contribution in [0, 0.1) is 16.0 Å². The number of nitrogens with one attached hydrogen (secondary N) is 1. The van der Waals surface area contributed by atoms with Gasteiger partial charge in [-0.2, -0.15) is 0 Å². The minimum Gasteiger partial charge on any atom is -0.432 e. The molecule has 2 aliphatic rings. The van der Waals surface area contributed by atoms with E-state index >= 15 is 0 Å². The van der Waals surface area contributed by atoms with E-state index in [1.165, 1.54) is 19.1 Å². The molecule has 1 saturated heterocycles. The summed E-state index contributed by atoms with van der Waals surface area (Å²) >= 11 is 0. The molecule has 51 heavy (non-hydrogen) atoms. The van der Waals surface area contributed by atoms with Crippen LogP contribution in [0.5, 0.6) is 0 Å². The number of anilines is 2. The minimum atomic E-state index is -3.03. The molecule has 268 valence electrons. The molecular weight excluding hydrogens is 673 g/mol. The molecule has 2 amide bonds. The number of aliphatic hydroxyl groups excluding tert-OH is 2. The van der Waals surface area contributed by atoms with E-state index in [0.29, 0.717) is 41.2 Å². The molecule has 1 unspecified atom stereocenters. The second kappa shape index (κ2) is 14.1. The highest BCUT2D eigenvalue weighted by Gasteiger charge is 2.66. The lowest BCUT2D eigenvalue weighted by Crippen LogP contribution is -2.46. The Labute approximate surface area is 296 Å². The van der Waals surface area contributed by atoms with Crippen molar-refractivity contribution in [3.63, 3.8) is 0 Å². The average molecular weight is 715 g/mol. The molecule has 6 rings (SSSR count). The van der Waals surface area contributed by atoms with Crippen molar-refractivity contribution in [2.45, 2.75) is 75.7 Å². The molecule has 0 saturated carbocycles. The van der Waals surface area contributed by atoms with Crippen LogP contribution >= 0.6 is 0 Å². The quantitative estimate of drug-likeness (QED) is 0.0945. The number of carbonyl (C=O) groups is 2. The fourth-order valence-corrected chi connectivity index (χ4v) is 10.3. The lowest BCUT2D eigenvalue weighted by molar-refractivity contribution is -0.385. The predicted octanol–water partition coefficient (Wildman–Crippen LogP) is 4.06. The lowest BCUT2D eigenvalue weighted by Gasteiger charge is -2.32. The first-order valence-corrected chi connectivity index (χ1v) is 19.9. The van der Waals surface area contributed by atoms with Crippen molar-refractivity contribution in [2.75, 3.05) is 16.8 Å². The fraction of sp³-hybridized carbons (Fsp3) is 0.389. The van der Waals surface area contributed by atoms with Crippen LogP contribution < -0.4 is 10.2 Å². The Hall–Kier alpha value is -4.80. The predicted molar refractivity (Wildman–Crippen MR) is 190 cm³/mol. The third-order valence-corrected chi connectivity index (χ3v) is 12.5. The molecule has 2 aliphatic heterocycles. The maximum atomic E-state index is 14.8. The van der Waals surface area contributed by atoms with E-state index in [1.807, 2.05) is 37.3 Å². The number of aromatic nitrogens is 3. The first-order valence-electron chi connectivity index (χ1n) is 16.9. The van der Waals surface area contributed by atoms with Crippen LogP contribution in [0.1, 0.15) is 48.6 Å². The number of amides is 2. The molecule has 1 fully saturated rings. The maximum absolute atomic E-state index is 14.8. The zero-order valence-electron chi connectivity index (χ0n) is 28.8. The van der Waals surface area contributed by atoms with E-state index in [-0.39, 0.29) is 24.8 Å². The maximum Gasteiger partial charge on any atom is 0.269 e. The Bertz CT molecular complexity index is 1930. The van der Waals surface area contributed by atoms with E-state index in [1.54, 1.807) is 59.2 Å². The number of aliphatic hydroxyl groups is 2. The third-order valence-electron chi connectivity index (χ3n) is 10.0. The fourth-order valence-electron chi connectivity index (χ4n) is 7.68. The van der Waals surface area contributed by atoms with Crippen LogP contribution in [0.4, 0.5) is 17.1 Å². The molecule has 3 heterocycles. The average Bonchev–Trinajstić information content (AvgIpc) is 3.74. The Morgan fingerprint density at radius 2 is 1.88 bits per heavy atom. The molecule has 1 aromatic heterocycles. The van der Waals surface area contributed by atoms with E-state index in [2.05, 4.69) is 15.6 Å². The van der Waals surface area contributed by atoms with Crippen molar-refractivity contribution in [1.82, 2.24) is 15.0 Å². The van der Waals surface area contributed by atoms with Crippen molar-refractivity contribution < 1.29 is 34.3 Å². The van der Waals surface area contributed by atoms with Crippen molar-refractivity contribution >= 4 is 37.2 Å². The van der Waals surface area contributed by atoms with E-state index < -0.39 is 54.3 Å². The summed E-state index contributed by atoms with van der Waals surface area (Å²) in [5.41, 5.74) is 1.23. The number of benzene rings is 3. The molecule has 3 aromatic carbocycles. The van der Waals surface area contributed by atoms with Gasteiger partial charge in [-0.3, -0.25) is 24.4 Å². The van der Waals surface area contributed by atoms with E-state index in [9.17, 15) is 34.7 Å². The number of nitrogens with zero attached hydrogens (tertiary/aromatic N) is 5. The van der Waals surface area contributed by atoms with Crippen molar-refractivity contribution in [1.29, 1.82) is 0 Å². The SMILES string of the molecule is C[C@H](O)C(=O)Nc1cccc(CN2C(=O)[C@@]3(O[C@@H](CCn4cc(C(CO)c5ccccc5)nn4)[C@H]([Si](C)(C)O)[C@H]3C)c3cc([N+](=O)[O-])ccc32)c1. The molecule has 0 aliphatic carbocycles. The van der Waals surface area contributed by atoms with Crippen molar-refractivity contribution in [3.8, 4) is 0 Å². The molecule has 0 bridgehead atoms. The van der Waals surface area contributed by atoms with Gasteiger partial charge in [-0.15, -0.1) is 5.10 Å². The van der Waals surface area contributed by atoms with Crippen LogP contribution in [0.3, 0.4) is 0 Å². The molecule has 6 atom stereocenters. The van der Waals surface area contributed by atoms with Crippen LogP contribution in [0.2, 0.25) is 18.6 Å². The van der Waals surface area contributed by atoms with Gasteiger partial charge in [0, 0.05) is 47.6 Å². The first-order chi connectivity index (χ1) is 24.2. The smallest absolute Gasteiger partial charge is 0.269 e. The second-order valence-electron chi connectivity index (χ2n) is 13.9. The normalized spacial score (nSPS) is 22.6. The van der Waals surface area contributed by atoms with Gasteiger partial charge in [0.2, 0.25) is 0 Å². The summed E-state index contributed by atoms with van der Waals surface area (Å²) in [6.45, 7) is 7.11. The Morgan fingerprint density at radius 3 is 2.55 bits per heavy atom. The number of ether oxygens (including phenoxy) is 1. The number of nitro benzene ring substituents is 1. The number of hydrogen-bond acceptors (Lipinski definition) is 10. The summed E-state index contributed by atoms with van der Waals surface area (Å²) in [6.07, 6.45) is 0.332. The third kappa shape index (κ3) is 6.82. The van der Waals surface area contributed by atoms with E-state index in [4.69, 9.17) is 4.74 Å². The number of rotatable bonds is 12. The highest BCUT2D eigenvalue weighted by molar-refractivity contribution is 6.71. The minimum absolute atomic E-state index is 0.0737. The van der Waals surface area contributed by atoms with Crippen LogP contribution in [-0.2, 0) is 33.0 Å². The summed E-state index contributed by atoms with van der Waals surface area (Å²) < 4.78 is 8.51. The van der Waals surface area contributed by atoms with Crippen LogP contribution in [0.15, 0.2) is 79.0 Å². The van der Waals surface area contributed by atoms with Crippen molar-refractivity contribution in [2.24, 2.45) is 5.92 Å². The Morgan fingerprint density at radius 1 is 1.14 bits per heavy atom. The summed E-state index contributed by atoms with van der Waals surface area (Å²) in [5, 5.41) is 43.0. The topological polar surface area (TPSA) is 193 Å². The van der Waals surface area contributed by atoms with Gasteiger partial charge >= 0.3 is 0 Å². The highest BCUT2D eigenvalue weighted by Crippen LogP contribution is 2.60. The molecule has 14 nitrogen and oxygen atoms in total. The zero-order chi connectivity index (χ0) is 36.7. The molecular formula is C36H42N6O8Si. The van der Waals surface area contributed by atoms with Gasteiger partial charge in [-0.25, -0.2) is 0 Å². The Kier molecular flexibility index (Phi) is 9.94. The van der Waals surface area contributed by atoms with E-state index in [0.717, 1.165) is 5.56 Å². The van der Waals surface area contributed by atoms with Crippen molar-refractivity contribution in [3.05, 3.63) is 111 Å². The molecule has 15 heteroatoms. The molecule has 0 radical (unpaired) electrons. The number of nitro groups is 1. The second-order valence-corrected chi connectivity index (χ2v) is 17.9. The number of aryl methyl sites for hydroxylation is 1.